The van der Waals surface area contributed by atoms with E-state index < -0.39 is 76.4 Å². The van der Waals surface area contributed by atoms with Crippen molar-refractivity contribution >= 4 is 77.4 Å². The monoisotopic (exact) mass is 798 g/mol. The number of phenols is 2. The molecule has 0 saturated carbocycles. The molecule has 0 bridgehead atoms. The number of fused-ring (bicyclic) bond motifs is 1. The molecule has 1 heterocycles. The van der Waals surface area contributed by atoms with Gasteiger partial charge in [0.15, 0.2) is 17.2 Å². The number of methoxy groups -OCH3 is 2. The van der Waals surface area contributed by atoms with Crippen LogP contribution in [0.4, 0.5) is 43.2 Å². The maximum atomic E-state index is 13.6. The summed E-state index contributed by atoms with van der Waals surface area (Å²) in [6.45, 7) is 0. The smallest absolute Gasteiger partial charge is 0.315 e. The first-order valence-electron chi connectivity index (χ1n) is 13.7. The minimum Gasteiger partial charge on any atom is -0.506 e. The van der Waals surface area contributed by atoms with E-state index in [-0.39, 0.29) is 50.9 Å². The predicted molar refractivity (Wildman–Crippen MR) is 175 cm³/mol. The molecule has 0 amide bonds. The first-order chi connectivity index (χ1) is 25.0. The molecule has 0 atom stereocenters. The van der Waals surface area contributed by atoms with Gasteiger partial charge < -0.3 is 25.0 Å². The lowest BCUT2D eigenvalue weighted by Gasteiger charge is -2.15. The highest BCUT2D eigenvalue weighted by atomic mass is 32.2. The van der Waals surface area contributed by atoms with Crippen molar-refractivity contribution in [3.05, 3.63) is 60.7 Å². The Morgan fingerprint density at radius 2 is 1.36 bits per heavy atom. The van der Waals surface area contributed by atoms with E-state index in [2.05, 4.69) is 50.1 Å². The van der Waals surface area contributed by atoms with Crippen molar-refractivity contribution in [2.24, 2.45) is 20.5 Å². The zero-order chi connectivity index (χ0) is 38.7. The maximum Gasteiger partial charge on any atom is 0.315 e. The van der Waals surface area contributed by atoms with Gasteiger partial charge in [-0.25, -0.2) is 5.26 Å². The summed E-state index contributed by atoms with van der Waals surface area (Å²) in [5.41, 5.74) is -1.68. The van der Waals surface area contributed by atoms with Crippen LogP contribution in [-0.2, 0) is 29.6 Å². The van der Waals surface area contributed by atoms with E-state index in [1.54, 1.807) is 0 Å². The third kappa shape index (κ3) is 8.67. The molecule has 0 spiro atoms. The highest BCUT2D eigenvalue weighted by Gasteiger charge is 2.26. The number of nitrogens with zero attached hydrogens (tertiary/aromatic N) is 7. The van der Waals surface area contributed by atoms with Crippen LogP contribution in [0.1, 0.15) is 0 Å². The van der Waals surface area contributed by atoms with Gasteiger partial charge in [0.1, 0.15) is 33.4 Å². The quantitative estimate of drug-likeness (QED) is 0.0253. The molecular weight excluding hydrogens is 779 g/mol. The average Bonchev–Trinajstić information content (AvgIpc) is 3.08. The van der Waals surface area contributed by atoms with Crippen molar-refractivity contribution in [3.63, 3.8) is 0 Å². The Morgan fingerprint density at radius 1 is 0.755 bits per heavy atom. The van der Waals surface area contributed by atoms with E-state index in [4.69, 9.17) is 14.7 Å². The number of ether oxygens (including phenoxy) is 2. The van der Waals surface area contributed by atoms with E-state index in [1.807, 2.05) is 0 Å². The fraction of sp³-hybridized carbons (Fsp3) is 0.0741. The van der Waals surface area contributed by atoms with Gasteiger partial charge >= 0.3 is 12.2 Å². The van der Waals surface area contributed by atoms with Gasteiger partial charge in [0.25, 0.3) is 20.2 Å². The van der Waals surface area contributed by atoms with Crippen molar-refractivity contribution in [2.75, 3.05) is 19.5 Å². The van der Waals surface area contributed by atoms with E-state index in [9.17, 15) is 44.9 Å². The fourth-order valence-electron chi connectivity index (χ4n) is 4.46. The summed E-state index contributed by atoms with van der Waals surface area (Å²) in [5, 5.41) is 51.5. The van der Waals surface area contributed by atoms with Crippen LogP contribution in [0.3, 0.4) is 0 Å². The van der Waals surface area contributed by atoms with Crippen molar-refractivity contribution < 1.29 is 69.0 Å². The number of aromatic hydroxyl groups is 2. The molecule has 21 nitrogen and oxygen atoms in total. The number of rotatable bonds is 13. The fourth-order valence-corrected chi connectivity index (χ4v) is 6.29. The molecule has 0 fully saturated rings. The van der Waals surface area contributed by atoms with Crippen molar-refractivity contribution in [3.8, 4) is 23.0 Å². The molecule has 0 aliphatic rings. The number of nitrogens with one attached hydrogen (secondary N) is 1. The van der Waals surface area contributed by atoms with Crippen LogP contribution in [0.25, 0.3) is 10.8 Å². The number of aromatic nitrogens is 3. The third-order valence-corrected chi connectivity index (χ3v) is 9.10. The Morgan fingerprint density at radius 3 is 1.92 bits per heavy atom. The Labute approximate surface area is 299 Å². The van der Waals surface area contributed by atoms with Crippen LogP contribution in [0.5, 0.6) is 23.0 Å². The summed E-state index contributed by atoms with van der Waals surface area (Å²) in [6.07, 6.45) is -3.10. The van der Waals surface area contributed by atoms with Crippen LogP contribution in [0, 0.1) is 12.2 Å². The van der Waals surface area contributed by atoms with Gasteiger partial charge in [-0.05, 0) is 36.4 Å². The van der Waals surface area contributed by atoms with Crippen molar-refractivity contribution in [1.29, 1.82) is 0 Å². The summed E-state index contributed by atoms with van der Waals surface area (Å²) >= 11 is 0.176. The molecule has 278 valence electrons. The second-order valence-corrected chi connectivity index (χ2v) is 13.4. The minimum atomic E-state index is -5.22. The molecule has 0 radical (unpaired) electrons. The molecule has 4 aromatic carbocycles. The largest absolute Gasteiger partial charge is 0.506 e. The Balaban J connectivity index is 1.68. The van der Waals surface area contributed by atoms with Gasteiger partial charge in [-0.3, -0.25) is 9.11 Å². The summed E-state index contributed by atoms with van der Waals surface area (Å²) < 4.78 is 110. The predicted octanol–water partition coefficient (Wildman–Crippen LogP) is 6.23. The van der Waals surface area contributed by atoms with Crippen LogP contribution in [-0.4, -0.2) is 70.6 Å². The number of benzene rings is 4. The molecule has 0 aliphatic heterocycles. The Kier molecular flexibility index (Phi) is 11.2. The standard InChI is InChI=1S/C27H20F2N8O13S3/c1-47-19-9-15(34-36-17-7-11(52(41,42)43)3-6-18(17)38)16(10-20(19)48-2)35-37-22-21(51-50-49-40)8-13-12(23(22)39)4-5-14(24(13)53(44,45)46)30-27-32-25(28)31-26(29)33-27/h3-10,38-40H,1-2H3,(H,41,42,43)(H,44,45,46)(H,30,31,32,33). The molecular formula is C27H20F2N8O13S3. The Hall–Kier alpha value is -5.74. The topological polar surface area (TPSA) is 306 Å². The van der Waals surface area contributed by atoms with Crippen LogP contribution in [0.2, 0.25) is 0 Å². The molecule has 1 aromatic heterocycles. The molecule has 53 heavy (non-hydrogen) atoms. The molecule has 0 aliphatic carbocycles. The summed E-state index contributed by atoms with van der Waals surface area (Å²) in [4.78, 5) is 7.30. The first-order valence-corrected chi connectivity index (χ1v) is 17.3. The maximum absolute atomic E-state index is 13.6. The second kappa shape index (κ2) is 15.5. The van der Waals surface area contributed by atoms with Gasteiger partial charge in [-0.15, -0.1) is 24.8 Å². The lowest BCUT2D eigenvalue weighted by molar-refractivity contribution is -0.432. The van der Waals surface area contributed by atoms with Crippen LogP contribution >= 0.6 is 12.0 Å². The summed E-state index contributed by atoms with van der Waals surface area (Å²) in [5.74, 6) is -1.92. The second-order valence-electron chi connectivity index (χ2n) is 9.85. The molecule has 0 unspecified atom stereocenters. The van der Waals surface area contributed by atoms with Gasteiger partial charge in [0.05, 0.1) is 41.7 Å². The zero-order valence-corrected chi connectivity index (χ0v) is 28.7. The molecule has 26 heteroatoms. The molecule has 0 saturated heterocycles. The highest BCUT2D eigenvalue weighted by molar-refractivity contribution is 7.94. The zero-order valence-electron chi connectivity index (χ0n) is 26.2. The van der Waals surface area contributed by atoms with E-state index >= 15 is 0 Å². The van der Waals surface area contributed by atoms with Crippen LogP contribution in [0.15, 0.2) is 83.7 Å². The molecule has 5 rings (SSSR count). The highest BCUT2D eigenvalue weighted by Crippen LogP contribution is 2.48. The number of anilines is 2. The minimum absolute atomic E-state index is 0.0849. The van der Waals surface area contributed by atoms with Crippen LogP contribution < -0.4 is 14.8 Å². The number of hydrogen-bond donors (Lipinski definition) is 6. The van der Waals surface area contributed by atoms with E-state index in [0.717, 1.165) is 36.4 Å². The number of phenolic OH excluding ortho intramolecular Hbond substituents is 2. The SMILES string of the molecule is COc1cc(N=Nc2cc(S(=O)(=O)O)ccc2O)c(N=Nc2c(SOOO)cc3c(S(=O)(=O)O)c(Nc4nc(F)nc(F)n4)ccc3c2O)cc1OC. The molecule has 6 N–H and O–H groups in total. The molecule has 5 aromatic rings. The number of hydrogen-bond acceptors (Lipinski definition) is 20. The average molecular weight is 799 g/mol. The van der Waals surface area contributed by atoms with Crippen molar-refractivity contribution in [1.82, 2.24) is 15.0 Å². The first kappa shape index (κ1) is 38.5. The van der Waals surface area contributed by atoms with E-state index in [1.165, 1.54) is 26.4 Å². The van der Waals surface area contributed by atoms with Gasteiger partial charge in [0.2, 0.25) is 5.95 Å². The lowest BCUT2D eigenvalue weighted by Crippen LogP contribution is -2.08. The number of azo groups is 2. The van der Waals surface area contributed by atoms with Gasteiger partial charge in [-0.2, -0.15) is 40.6 Å². The van der Waals surface area contributed by atoms with Gasteiger partial charge in [-0.1, -0.05) is 5.04 Å². The van der Waals surface area contributed by atoms with Gasteiger partial charge in [0, 0.05) is 22.9 Å². The third-order valence-electron chi connectivity index (χ3n) is 6.67. The normalized spacial score (nSPS) is 12.2. The lowest BCUT2D eigenvalue weighted by atomic mass is 10.1. The Bertz CT molecular complexity index is 2510. The van der Waals surface area contributed by atoms with E-state index in [0.29, 0.717) is 0 Å². The summed E-state index contributed by atoms with van der Waals surface area (Å²) in [7, 11) is -7.31. The van der Waals surface area contributed by atoms with Crippen molar-refractivity contribution in [2.45, 2.75) is 14.7 Å². The summed E-state index contributed by atoms with van der Waals surface area (Å²) in [6, 6.07) is 8.33. The number of halogens is 2.